The Morgan fingerprint density at radius 3 is 2.48 bits per heavy atom. The van der Waals surface area contributed by atoms with E-state index >= 15 is 0 Å². The Hall–Kier alpha value is -2.99. The zero-order chi connectivity index (χ0) is 23.4. The van der Waals surface area contributed by atoms with Crippen molar-refractivity contribution in [3.05, 3.63) is 85.3 Å². The molecule has 0 spiro atoms. The third-order valence-corrected chi connectivity index (χ3v) is 6.05. The molecule has 1 amide bonds. The maximum absolute atomic E-state index is 12.5. The van der Waals surface area contributed by atoms with Gasteiger partial charge in [-0.25, -0.2) is 0 Å². The van der Waals surface area contributed by atoms with E-state index in [1.165, 1.54) is 6.08 Å². The molecule has 1 heterocycles. The van der Waals surface area contributed by atoms with E-state index in [0.717, 1.165) is 5.56 Å². The van der Waals surface area contributed by atoms with Crippen LogP contribution in [0.2, 0.25) is 5.02 Å². The number of carbonyl (C=O) groups is 1. The predicted molar refractivity (Wildman–Crippen MR) is 132 cm³/mol. The maximum Gasteiger partial charge on any atom is 0.266 e. The van der Waals surface area contributed by atoms with Crippen LogP contribution in [0.1, 0.15) is 11.1 Å². The van der Waals surface area contributed by atoms with Gasteiger partial charge in [0.05, 0.1) is 8.95 Å². The first-order valence-corrected chi connectivity index (χ1v) is 11.6. The van der Waals surface area contributed by atoms with E-state index < -0.39 is 5.91 Å². The summed E-state index contributed by atoms with van der Waals surface area (Å²) in [6.45, 7) is 0.532. The highest BCUT2D eigenvalue weighted by Crippen LogP contribution is 2.37. The predicted octanol–water partition coefficient (Wildman–Crippen LogP) is 6.72. The van der Waals surface area contributed by atoms with Gasteiger partial charge >= 0.3 is 0 Å². The van der Waals surface area contributed by atoms with Crippen LogP contribution in [0.5, 0.6) is 17.2 Å². The van der Waals surface area contributed by atoms with E-state index in [0.29, 0.717) is 49.1 Å². The summed E-state index contributed by atoms with van der Waals surface area (Å²) < 4.78 is 18.0. The fourth-order valence-corrected chi connectivity index (χ4v) is 4.61. The zero-order valence-corrected chi connectivity index (χ0v) is 20.8. The standard InChI is InChI=1S/C24H15Br2ClN2O4/c25-19-8-15(7-16(11-28)24(30)29-18-4-2-17(27)3-5-18)9-20(26)23(19)31-12-14-1-6-21-22(10-14)33-13-32-21/h1-10H,12-13H2,(H,29,30)/b16-7-. The van der Waals surface area contributed by atoms with Gasteiger partial charge < -0.3 is 19.5 Å². The molecule has 6 nitrogen and oxygen atoms in total. The van der Waals surface area contributed by atoms with Crippen LogP contribution >= 0.6 is 43.5 Å². The van der Waals surface area contributed by atoms with E-state index in [2.05, 4.69) is 37.2 Å². The lowest BCUT2D eigenvalue weighted by atomic mass is 10.1. The molecule has 0 saturated carbocycles. The molecule has 0 fully saturated rings. The van der Waals surface area contributed by atoms with Gasteiger partial charge in [0.25, 0.3) is 5.91 Å². The van der Waals surface area contributed by atoms with Crippen LogP contribution in [0.4, 0.5) is 5.69 Å². The molecule has 9 heteroatoms. The Balaban J connectivity index is 1.48. The number of anilines is 1. The number of nitrogens with one attached hydrogen (secondary N) is 1. The lowest BCUT2D eigenvalue weighted by Gasteiger charge is -2.12. The molecule has 3 aromatic rings. The number of hydrogen-bond donors (Lipinski definition) is 1. The Bertz CT molecular complexity index is 1260. The van der Waals surface area contributed by atoms with E-state index in [4.69, 9.17) is 25.8 Å². The molecule has 0 aliphatic carbocycles. The first-order valence-electron chi connectivity index (χ1n) is 9.62. The molecule has 3 aromatic carbocycles. The molecule has 0 bridgehead atoms. The van der Waals surface area contributed by atoms with Crippen LogP contribution in [0, 0.1) is 11.3 Å². The Kier molecular flexibility index (Phi) is 7.23. The molecule has 0 radical (unpaired) electrons. The summed E-state index contributed by atoms with van der Waals surface area (Å²) in [4.78, 5) is 12.5. The van der Waals surface area contributed by atoms with Gasteiger partial charge in [-0.15, -0.1) is 0 Å². The van der Waals surface area contributed by atoms with E-state index in [1.807, 2.05) is 24.3 Å². The van der Waals surface area contributed by atoms with Gasteiger partial charge in [-0.3, -0.25) is 4.79 Å². The highest BCUT2D eigenvalue weighted by molar-refractivity contribution is 9.11. The largest absolute Gasteiger partial charge is 0.487 e. The van der Waals surface area contributed by atoms with E-state index in [1.54, 1.807) is 36.4 Å². The SMILES string of the molecule is N#C/C(=C/c1cc(Br)c(OCc2ccc3c(c2)OCO3)c(Br)c1)C(=O)Nc1ccc(Cl)cc1. The first-order chi connectivity index (χ1) is 15.9. The van der Waals surface area contributed by atoms with Gasteiger partial charge in [-0.1, -0.05) is 17.7 Å². The molecule has 0 saturated heterocycles. The summed E-state index contributed by atoms with van der Waals surface area (Å²) >= 11 is 12.9. The highest BCUT2D eigenvalue weighted by atomic mass is 79.9. The van der Waals surface area contributed by atoms with Gasteiger partial charge in [-0.05, 0) is 97.6 Å². The van der Waals surface area contributed by atoms with Gasteiger partial charge in [0.2, 0.25) is 6.79 Å². The number of ether oxygens (including phenoxy) is 3. The molecule has 1 aliphatic rings. The zero-order valence-electron chi connectivity index (χ0n) is 16.9. The second-order valence-electron chi connectivity index (χ2n) is 6.92. The highest BCUT2D eigenvalue weighted by Gasteiger charge is 2.15. The van der Waals surface area contributed by atoms with Gasteiger partial charge in [-0.2, -0.15) is 5.26 Å². The van der Waals surface area contributed by atoms with Crippen LogP contribution < -0.4 is 19.5 Å². The van der Waals surface area contributed by atoms with Gasteiger partial charge in [0.15, 0.2) is 11.5 Å². The summed E-state index contributed by atoms with van der Waals surface area (Å²) in [5.41, 5.74) is 2.07. The van der Waals surface area contributed by atoms with Crippen molar-refractivity contribution in [2.45, 2.75) is 6.61 Å². The van der Waals surface area contributed by atoms with Crippen LogP contribution in [-0.4, -0.2) is 12.7 Å². The Morgan fingerprint density at radius 1 is 1.09 bits per heavy atom. The number of halogens is 3. The summed E-state index contributed by atoms with van der Waals surface area (Å²) in [5, 5.41) is 12.7. The van der Waals surface area contributed by atoms with Crippen LogP contribution in [-0.2, 0) is 11.4 Å². The summed E-state index contributed by atoms with van der Waals surface area (Å²) in [5.74, 6) is 1.48. The average Bonchev–Trinajstić information content (AvgIpc) is 3.26. The topological polar surface area (TPSA) is 80.6 Å². The van der Waals surface area contributed by atoms with Crippen LogP contribution in [0.3, 0.4) is 0 Å². The van der Waals surface area contributed by atoms with Gasteiger partial charge in [0, 0.05) is 10.7 Å². The van der Waals surface area contributed by atoms with Crippen molar-refractivity contribution in [2.24, 2.45) is 0 Å². The summed E-state index contributed by atoms with van der Waals surface area (Å²) in [7, 11) is 0. The minimum absolute atomic E-state index is 0.0437. The quantitative estimate of drug-likeness (QED) is 0.255. The lowest BCUT2D eigenvalue weighted by Crippen LogP contribution is -2.13. The van der Waals surface area contributed by atoms with Crippen molar-refractivity contribution in [1.82, 2.24) is 0 Å². The fourth-order valence-electron chi connectivity index (χ4n) is 3.03. The van der Waals surface area contributed by atoms with Crippen molar-refractivity contribution in [3.63, 3.8) is 0 Å². The molecule has 33 heavy (non-hydrogen) atoms. The molecule has 1 N–H and O–H groups in total. The number of amides is 1. The second-order valence-corrected chi connectivity index (χ2v) is 9.07. The number of nitriles is 1. The Labute approximate surface area is 212 Å². The molecular weight excluding hydrogens is 576 g/mol. The molecular formula is C24H15Br2ClN2O4. The van der Waals surface area contributed by atoms with E-state index in [-0.39, 0.29) is 12.4 Å². The minimum Gasteiger partial charge on any atom is -0.487 e. The third kappa shape index (κ3) is 5.69. The maximum atomic E-state index is 12.5. The third-order valence-electron chi connectivity index (χ3n) is 4.62. The van der Waals surface area contributed by atoms with Crippen molar-refractivity contribution >= 4 is 61.1 Å². The number of nitrogens with zero attached hydrogens (tertiary/aromatic N) is 1. The van der Waals surface area contributed by atoms with E-state index in [9.17, 15) is 10.1 Å². The Morgan fingerprint density at radius 2 is 1.79 bits per heavy atom. The smallest absolute Gasteiger partial charge is 0.266 e. The molecule has 1 aliphatic heterocycles. The van der Waals surface area contributed by atoms with Crippen molar-refractivity contribution in [3.8, 4) is 23.3 Å². The fraction of sp³-hybridized carbons (Fsp3) is 0.0833. The van der Waals surface area contributed by atoms with Crippen molar-refractivity contribution in [1.29, 1.82) is 5.26 Å². The normalized spacial score (nSPS) is 12.2. The average molecular weight is 591 g/mol. The summed E-state index contributed by atoms with van der Waals surface area (Å²) in [6, 6.07) is 17.7. The number of carbonyl (C=O) groups excluding carboxylic acids is 1. The minimum atomic E-state index is -0.518. The number of rotatable bonds is 6. The molecule has 0 atom stereocenters. The van der Waals surface area contributed by atoms with Crippen LogP contribution in [0.25, 0.3) is 6.08 Å². The number of fused-ring (bicyclic) bond motifs is 1. The van der Waals surface area contributed by atoms with Crippen molar-refractivity contribution in [2.75, 3.05) is 12.1 Å². The molecule has 0 aromatic heterocycles. The number of benzene rings is 3. The molecule has 4 rings (SSSR count). The molecule has 166 valence electrons. The number of hydrogen-bond acceptors (Lipinski definition) is 5. The first kappa shape index (κ1) is 23.2. The second kappa shape index (κ2) is 10.3. The lowest BCUT2D eigenvalue weighted by molar-refractivity contribution is -0.112. The monoisotopic (exact) mass is 588 g/mol. The van der Waals surface area contributed by atoms with Gasteiger partial charge in [0.1, 0.15) is 24.0 Å². The summed E-state index contributed by atoms with van der Waals surface area (Å²) in [6.07, 6.45) is 1.50. The molecule has 0 unspecified atom stereocenters. The van der Waals surface area contributed by atoms with Crippen LogP contribution in [0.15, 0.2) is 69.1 Å². The van der Waals surface area contributed by atoms with Crippen molar-refractivity contribution < 1.29 is 19.0 Å².